The number of aryl methyl sites for hydroxylation is 1. The normalized spacial score (nSPS) is 10.0. The lowest BCUT2D eigenvalue weighted by Gasteiger charge is -1.97. The molecule has 1 rings (SSSR count). The number of hydrogen-bond donors (Lipinski definition) is 2. The maximum atomic E-state index is 8.47. The molecule has 0 radical (unpaired) electrons. The van der Waals surface area contributed by atoms with E-state index in [1.165, 1.54) is 0 Å². The van der Waals surface area contributed by atoms with Crippen molar-refractivity contribution < 1.29 is 9.63 Å². The zero-order valence-corrected chi connectivity index (χ0v) is 6.50. The second-order valence-corrected chi connectivity index (χ2v) is 2.33. The highest BCUT2D eigenvalue weighted by Gasteiger charge is 1.96. The lowest BCUT2D eigenvalue weighted by Crippen LogP contribution is -2.03. The highest BCUT2D eigenvalue weighted by molar-refractivity contribution is 5.32. The Morgan fingerprint density at radius 3 is 3.09 bits per heavy atom. The summed E-state index contributed by atoms with van der Waals surface area (Å²) in [6, 6.07) is 1.82. The minimum atomic E-state index is 0.198. The van der Waals surface area contributed by atoms with Crippen molar-refractivity contribution in [3.63, 3.8) is 0 Å². The van der Waals surface area contributed by atoms with Crippen LogP contribution in [0.3, 0.4) is 0 Å². The van der Waals surface area contributed by atoms with Gasteiger partial charge in [0, 0.05) is 19.2 Å². The molecule has 0 fully saturated rings. The van der Waals surface area contributed by atoms with Gasteiger partial charge < -0.3 is 14.9 Å². The number of anilines is 1. The number of rotatable bonds is 4. The molecule has 0 saturated heterocycles. The Hall–Kier alpha value is -1.03. The minimum absolute atomic E-state index is 0.198. The summed E-state index contributed by atoms with van der Waals surface area (Å²) in [7, 11) is 0. The molecule has 0 unspecified atom stereocenters. The van der Waals surface area contributed by atoms with Crippen LogP contribution in [0.25, 0.3) is 0 Å². The van der Waals surface area contributed by atoms with Gasteiger partial charge in [-0.2, -0.15) is 0 Å². The number of aromatic nitrogens is 1. The second kappa shape index (κ2) is 3.98. The molecule has 4 nitrogen and oxygen atoms in total. The van der Waals surface area contributed by atoms with Crippen molar-refractivity contribution in [1.82, 2.24) is 5.16 Å². The van der Waals surface area contributed by atoms with Crippen LogP contribution in [0.15, 0.2) is 10.6 Å². The second-order valence-electron chi connectivity index (χ2n) is 2.33. The highest BCUT2D eigenvalue weighted by Crippen LogP contribution is 2.06. The van der Waals surface area contributed by atoms with Crippen LogP contribution in [0.5, 0.6) is 0 Å². The summed E-state index contributed by atoms with van der Waals surface area (Å²) >= 11 is 0. The van der Waals surface area contributed by atoms with Gasteiger partial charge in [-0.3, -0.25) is 0 Å². The van der Waals surface area contributed by atoms with Crippen molar-refractivity contribution in [3.05, 3.63) is 11.8 Å². The van der Waals surface area contributed by atoms with E-state index in [2.05, 4.69) is 10.5 Å². The van der Waals surface area contributed by atoms with Crippen molar-refractivity contribution in [2.75, 3.05) is 18.5 Å². The fraction of sp³-hybridized carbons (Fsp3) is 0.571. The standard InChI is InChI=1S/C7H12N2O2/c1-6-5-7(9-11-6)8-3-2-4-10/h5,10H,2-4H2,1H3,(H,8,9). The first-order chi connectivity index (χ1) is 5.33. The first-order valence-electron chi connectivity index (χ1n) is 3.61. The lowest BCUT2D eigenvalue weighted by atomic mass is 10.4. The van der Waals surface area contributed by atoms with Crippen LogP contribution < -0.4 is 5.32 Å². The first-order valence-corrected chi connectivity index (χ1v) is 3.61. The molecule has 0 bridgehead atoms. The molecule has 1 aromatic heterocycles. The Labute approximate surface area is 65.2 Å². The van der Waals surface area contributed by atoms with Crippen molar-refractivity contribution in [1.29, 1.82) is 0 Å². The summed E-state index contributed by atoms with van der Waals surface area (Å²) in [5.74, 6) is 1.52. The van der Waals surface area contributed by atoms with E-state index in [-0.39, 0.29) is 6.61 Å². The van der Waals surface area contributed by atoms with E-state index in [1.807, 2.05) is 13.0 Å². The predicted molar refractivity (Wildman–Crippen MR) is 41.4 cm³/mol. The summed E-state index contributed by atoms with van der Waals surface area (Å²) in [5.41, 5.74) is 0. The van der Waals surface area contributed by atoms with Gasteiger partial charge in [-0.15, -0.1) is 0 Å². The molecule has 0 amide bonds. The average molecular weight is 156 g/mol. The highest BCUT2D eigenvalue weighted by atomic mass is 16.5. The van der Waals surface area contributed by atoms with Gasteiger partial charge in [-0.1, -0.05) is 5.16 Å². The summed E-state index contributed by atoms with van der Waals surface area (Å²) in [6.07, 6.45) is 0.728. The third-order valence-corrected chi connectivity index (χ3v) is 1.27. The zero-order chi connectivity index (χ0) is 8.10. The van der Waals surface area contributed by atoms with E-state index < -0.39 is 0 Å². The van der Waals surface area contributed by atoms with Gasteiger partial charge in [0.15, 0.2) is 5.82 Å². The third kappa shape index (κ3) is 2.59. The molecule has 62 valence electrons. The quantitative estimate of drug-likeness (QED) is 0.632. The monoisotopic (exact) mass is 156 g/mol. The summed E-state index contributed by atoms with van der Waals surface area (Å²) in [6.45, 7) is 2.76. The number of aliphatic hydroxyl groups excluding tert-OH is 1. The van der Waals surface area contributed by atoms with E-state index in [0.29, 0.717) is 0 Å². The van der Waals surface area contributed by atoms with Gasteiger partial charge in [0.25, 0.3) is 0 Å². The van der Waals surface area contributed by atoms with Gasteiger partial charge >= 0.3 is 0 Å². The molecular formula is C7H12N2O2. The number of aliphatic hydroxyl groups is 1. The fourth-order valence-corrected chi connectivity index (χ4v) is 0.745. The minimum Gasteiger partial charge on any atom is -0.396 e. The largest absolute Gasteiger partial charge is 0.396 e. The Morgan fingerprint density at radius 2 is 2.55 bits per heavy atom. The summed E-state index contributed by atoms with van der Waals surface area (Å²) < 4.78 is 4.82. The molecule has 4 heteroatoms. The molecule has 0 aromatic carbocycles. The number of hydrogen-bond acceptors (Lipinski definition) is 4. The third-order valence-electron chi connectivity index (χ3n) is 1.27. The molecule has 0 spiro atoms. The van der Waals surface area contributed by atoms with Crippen LogP contribution in [-0.2, 0) is 0 Å². The molecule has 11 heavy (non-hydrogen) atoms. The summed E-state index contributed by atoms with van der Waals surface area (Å²) in [4.78, 5) is 0. The molecule has 0 aliphatic carbocycles. The molecule has 1 heterocycles. The van der Waals surface area contributed by atoms with Crippen molar-refractivity contribution in [2.24, 2.45) is 0 Å². The molecule has 0 aliphatic rings. The smallest absolute Gasteiger partial charge is 0.169 e. The molecule has 2 N–H and O–H groups in total. The van der Waals surface area contributed by atoms with E-state index in [4.69, 9.17) is 9.63 Å². The maximum absolute atomic E-state index is 8.47. The molecule has 0 saturated carbocycles. The van der Waals surface area contributed by atoms with Gasteiger partial charge in [0.1, 0.15) is 5.76 Å². The number of nitrogens with zero attached hydrogens (tertiary/aromatic N) is 1. The Bertz CT molecular complexity index is 210. The van der Waals surface area contributed by atoms with Crippen molar-refractivity contribution in [2.45, 2.75) is 13.3 Å². The lowest BCUT2D eigenvalue weighted by molar-refractivity contribution is 0.292. The van der Waals surface area contributed by atoms with Crippen LogP contribution >= 0.6 is 0 Å². The van der Waals surface area contributed by atoms with Crippen LogP contribution in [0.4, 0.5) is 5.82 Å². The van der Waals surface area contributed by atoms with Crippen LogP contribution in [0.1, 0.15) is 12.2 Å². The topological polar surface area (TPSA) is 58.3 Å². The Balaban J connectivity index is 2.27. The van der Waals surface area contributed by atoms with Crippen LogP contribution in [0.2, 0.25) is 0 Å². The van der Waals surface area contributed by atoms with Gasteiger partial charge in [-0.25, -0.2) is 0 Å². The Morgan fingerprint density at radius 1 is 1.73 bits per heavy atom. The Kier molecular flexibility index (Phi) is 2.92. The number of nitrogens with one attached hydrogen (secondary N) is 1. The molecule has 1 aromatic rings. The SMILES string of the molecule is Cc1cc(NCCCO)no1. The van der Waals surface area contributed by atoms with Gasteiger partial charge in [0.2, 0.25) is 0 Å². The van der Waals surface area contributed by atoms with Crippen molar-refractivity contribution in [3.8, 4) is 0 Å². The fourth-order valence-electron chi connectivity index (χ4n) is 0.745. The first kappa shape index (κ1) is 8.07. The predicted octanol–water partition coefficient (Wildman–Crippen LogP) is 0.777. The molecule has 0 aliphatic heterocycles. The molecule has 0 atom stereocenters. The van der Waals surface area contributed by atoms with Crippen LogP contribution in [-0.4, -0.2) is 23.4 Å². The maximum Gasteiger partial charge on any atom is 0.169 e. The van der Waals surface area contributed by atoms with E-state index in [9.17, 15) is 0 Å². The molecular weight excluding hydrogens is 144 g/mol. The summed E-state index contributed by atoms with van der Waals surface area (Å²) in [5, 5.41) is 15.2. The van der Waals surface area contributed by atoms with Gasteiger partial charge in [-0.05, 0) is 13.3 Å². The van der Waals surface area contributed by atoms with Gasteiger partial charge in [0.05, 0.1) is 0 Å². The van der Waals surface area contributed by atoms with Crippen LogP contribution in [0, 0.1) is 6.92 Å². The zero-order valence-electron chi connectivity index (χ0n) is 6.50. The van der Waals surface area contributed by atoms with Crippen molar-refractivity contribution >= 4 is 5.82 Å². The van der Waals surface area contributed by atoms with E-state index in [1.54, 1.807) is 0 Å². The van der Waals surface area contributed by atoms with E-state index >= 15 is 0 Å². The van der Waals surface area contributed by atoms with E-state index in [0.717, 1.165) is 24.5 Å². The average Bonchev–Trinajstić information content (AvgIpc) is 2.37.